The maximum absolute atomic E-state index is 12.9. The van der Waals surface area contributed by atoms with Gasteiger partial charge in [-0.2, -0.15) is 0 Å². The quantitative estimate of drug-likeness (QED) is 0.333. The summed E-state index contributed by atoms with van der Waals surface area (Å²) in [5.74, 6) is -2.74. The van der Waals surface area contributed by atoms with Crippen molar-refractivity contribution >= 4 is 17.9 Å². The highest BCUT2D eigenvalue weighted by Gasteiger charge is 2.67. The summed E-state index contributed by atoms with van der Waals surface area (Å²) in [4.78, 5) is 36.8. The number of ether oxygens (including phenoxy) is 3. The molecule has 0 radical (unpaired) electrons. The van der Waals surface area contributed by atoms with Crippen LogP contribution >= 0.6 is 0 Å². The molecule has 0 aromatic heterocycles. The summed E-state index contributed by atoms with van der Waals surface area (Å²) in [7, 11) is 0. The van der Waals surface area contributed by atoms with Crippen LogP contribution in [-0.4, -0.2) is 46.4 Å². The van der Waals surface area contributed by atoms with Gasteiger partial charge in [0.25, 0.3) is 0 Å². The van der Waals surface area contributed by atoms with Crippen molar-refractivity contribution < 1.29 is 33.7 Å². The van der Waals surface area contributed by atoms with Crippen molar-refractivity contribution in [1.29, 1.82) is 0 Å². The molecule has 1 heterocycles. The molecule has 3 rings (SSSR count). The van der Waals surface area contributed by atoms with E-state index in [0.717, 1.165) is 5.57 Å². The highest BCUT2D eigenvalue weighted by molar-refractivity contribution is 5.92. The fourth-order valence-corrected chi connectivity index (χ4v) is 5.17. The fourth-order valence-electron chi connectivity index (χ4n) is 5.17. The number of carbonyl (C=O) groups is 3. The summed E-state index contributed by atoms with van der Waals surface area (Å²) in [5, 5.41) is 11.3. The van der Waals surface area contributed by atoms with Crippen LogP contribution in [0, 0.1) is 17.8 Å². The van der Waals surface area contributed by atoms with Crippen LogP contribution in [0.3, 0.4) is 0 Å². The summed E-state index contributed by atoms with van der Waals surface area (Å²) >= 11 is 0. The van der Waals surface area contributed by atoms with Gasteiger partial charge in [-0.3, -0.25) is 4.79 Å². The van der Waals surface area contributed by atoms with Crippen molar-refractivity contribution in [3.63, 3.8) is 0 Å². The number of rotatable bonds is 3. The summed E-state index contributed by atoms with van der Waals surface area (Å²) in [6.45, 7) is 12.0. The SMILES string of the molecule is C=C1CC[C@@H]2[C@@H](OC(=O)[C@@]2(C)OC(=O)/C(C)=C/C)[C@H]2[C@@H]1C[C@@H](OC(C)=O)[C@@]2(C)O. The smallest absolute Gasteiger partial charge is 0.351 e. The van der Waals surface area contributed by atoms with Gasteiger partial charge in [0.15, 0.2) is 0 Å². The number of fused-ring (bicyclic) bond motifs is 3. The molecular weight excluding hydrogens is 376 g/mol. The molecule has 0 aromatic carbocycles. The Hall–Kier alpha value is -2.15. The molecule has 2 saturated carbocycles. The van der Waals surface area contributed by atoms with Gasteiger partial charge in [-0.25, -0.2) is 9.59 Å². The number of esters is 3. The molecule has 0 aromatic rings. The van der Waals surface area contributed by atoms with E-state index in [1.54, 1.807) is 33.8 Å². The number of hydrogen-bond acceptors (Lipinski definition) is 7. The molecule has 1 N–H and O–H groups in total. The molecule has 0 unspecified atom stereocenters. The fraction of sp³-hybridized carbons (Fsp3) is 0.682. The largest absolute Gasteiger partial charge is 0.459 e. The van der Waals surface area contributed by atoms with Crippen LogP contribution in [-0.2, 0) is 28.6 Å². The lowest BCUT2D eigenvalue weighted by Crippen LogP contribution is -2.50. The monoisotopic (exact) mass is 406 g/mol. The number of allylic oxidation sites excluding steroid dienone is 2. The average molecular weight is 406 g/mol. The first-order chi connectivity index (χ1) is 13.4. The summed E-state index contributed by atoms with van der Waals surface area (Å²) in [6.07, 6.45) is 1.83. The summed E-state index contributed by atoms with van der Waals surface area (Å²) in [5.41, 5.74) is -1.52. The molecular formula is C22H30O7. The Morgan fingerprint density at radius 3 is 2.55 bits per heavy atom. The highest BCUT2D eigenvalue weighted by Crippen LogP contribution is 2.56. The predicted octanol–water partition coefficient (Wildman–Crippen LogP) is 2.46. The molecule has 2 aliphatic carbocycles. The number of hydrogen-bond donors (Lipinski definition) is 1. The Balaban J connectivity index is 1.97. The van der Waals surface area contributed by atoms with E-state index in [4.69, 9.17) is 14.2 Å². The normalized spacial score (nSPS) is 41.9. The van der Waals surface area contributed by atoms with Crippen molar-refractivity contribution in [3.05, 3.63) is 23.8 Å². The van der Waals surface area contributed by atoms with Crippen LogP contribution in [0.5, 0.6) is 0 Å². The van der Waals surface area contributed by atoms with Gasteiger partial charge in [0.05, 0.1) is 0 Å². The van der Waals surface area contributed by atoms with Crippen molar-refractivity contribution in [1.82, 2.24) is 0 Å². The molecule has 160 valence electrons. The van der Waals surface area contributed by atoms with Gasteiger partial charge in [0.1, 0.15) is 17.8 Å². The lowest BCUT2D eigenvalue weighted by molar-refractivity contribution is -0.172. The van der Waals surface area contributed by atoms with Crippen LogP contribution in [0.2, 0.25) is 0 Å². The van der Waals surface area contributed by atoms with E-state index in [1.807, 2.05) is 0 Å². The minimum Gasteiger partial charge on any atom is -0.459 e. The second kappa shape index (κ2) is 7.27. The number of carbonyl (C=O) groups excluding carboxylic acids is 3. The van der Waals surface area contributed by atoms with Gasteiger partial charge < -0.3 is 19.3 Å². The van der Waals surface area contributed by atoms with Gasteiger partial charge in [0.2, 0.25) is 5.60 Å². The lowest BCUT2D eigenvalue weighted by atomic mass is 9.74. The molecule has 7 atom stereocenters. The van der Waals surface area contributed by atoms with Crippen LogP contribution < -0.4 is 0 Å². The van der Waals surface area contributed by atoms with Gasteiger partial charge in [-0.15, -0.1) is 0 Å². The van der Waals surface area contributed by atoms with E-state index in [2.05, 4.69) is 6.58 Å². The molecule has 0 spiro atoms. The Labute approximate surface area is 171 Å². The third kappa shape index (κ3) is 3.39. The van der Waals surface area contributed by atoms with E-state index >= 15 is 0 Å². The van der Waals surface area contributed by atoms with E-state index in [-0.39, 0.29) is 5.92 Å². The van der Waals surface area contributed by atoms with Gasteiger partial charge in [0, 0.05) is 24.3 Å². The first-order valence-corrected chi connectivity index (χ1v) is 10.1. The van der Waals surface area contributed by atoms with E-state index in [0.29, 0.717) is 24.8 Å². The maximum atomic E-state index is 12.9. The minimum absolute atomic E-state index is 0.160. The van der Waals surface area contributed by atoms with Gasteiger partial charge in [-0.1, -0.05) is 18.2 Å². The van der Waals surface area contributed by atoms with Gasteiger partial charge in [-0.05, 0) is 52.9 Å². The Morgan fingerprint density at radius 2 is 1.97 bits per heavy atom. The minimum atomic E-state index is -1.45. The van der Waals surface area contributed by atoms with E-state index < -0.39 is 53.2 Å². The second-order valence-corrected chi connectivity index (χ2v) is 8.83. The molecule has 1 aliphatic heterocycles. The highest BCUT2D eigenvalue weighted by atomic mass is 16.6. The molecule has 1 saturated heterocycles. The third-order valence-electron chi connectivity index (χ3n) is 7.00. The zero-order valence-electron chi connectivity index (χ0n) is 17.7. The van der Waals surface area contributed by atoms with Crippen molar-refractivity contribution in [2.24, 2.45) is 17.8 Å². The number of aliphatic hydroxyl groups is 1. The Morgan fingerprint density at radius 1 is 1.31 bits per heavy atom. The first kappa shape index (κ1) is 21.6. The van der Waals surface area contributed by atoms with Crippen LogP contribution in [0.1, 0.15) is 53.9 Å². The van der Waals surface area contributed by atoms with E-state index in [9.17, 15) is 19.5 Å². The Kier molecular flexibility index (Phi) is 5.41. The topological polar surface area (TPSA) is 99.1 Å². The maximum Gasteiger partial charge on any atom is 0.351 e. The Bertz CT molecular complexity index is 780. The standard InChI is InChI=1S/C22H30O7/c1-7-11(2)19(24)29-22(6)15-9-8-12(3)14-10-16(27-13(4)23)21(5,26)17(14)18(15)28-20(22)25/h7,14-18,26H,3,8-10H2,1-2,4-6H3/b11-7+/t14-,15-,16-,17-,18-,21-,22+/m1/s1. The third-order valence-corrected chi connectivity index (χ3v) is 7.00. The molecule has 7 heteroatoms. The lowest BCUT2D eigenvalue weighted by Gasteiger charge is -2.37. The molecule has 7 nitrogen and oxygen atoms in total. The molecule has 3 fully saturated rings. The zero-order valence-corrected chi connectivity index (χ0v) is 17.7. The second-order valence-electron chi connectivity index (χ2n) is 8.83. The summed E-state index contributed by atoms with van der Waals surface area (Å²) in [6, 6.07) is 0. The van der Waals surface area contributed by atoms with Crippen molar-refractivity contribution in [3.8, 4) is 0 Å². The average Bonchev–Trinajstić information content (AvgIpc) is 2.95. The van der Waals surface area contributed by atoms with Gasteiger partial charge >= 0.3 is 17.9 Å². The van der Waals surface area contributed by atoms with Crippen LogP contribution in [0.4, 0.5) is 0 Å². The molecule has 0 bridgehead atoms. The molecule has 29 heavy (non-hydrogen) atoms. The van der Waals surface area contributed by atoms with Crippen molar-refractivity contribution in [2.75, 3.05) is 0 Å². The zero-order chi connectivity index (χ0) is 21.7. The first-order valence-electron chi connectivity index (χ1n) is 10.1. The predicted molar refractivity (Wildman–Crippen MR) is 103 cm³/mol. The molecule has 3 aliphatic rings. The van der Waals surface area contributed by atoms with Crippen molar-refractivity contribution in [2.45, 2.75) is 77.3 Å². The van der Waals surface area contributed by atoms with E-state index in [1.165, 1.54) is 6.92 Å². The van der Waals surface area contributed by atoms with Crippen LogP contribution in [0.15, 0.2) is 23.8 Å². The summed E-state index contributed by atoms with van der Waals surface area (Å²) < 4.78 is 16.8. The van der Waals surface area contributed by atoms with Crippen LogP contribution in [0.25, 0.3) is 0 Å². The molecule has 0 amide bonds.